The number of carbonyl (C=O) groups excluding carboxylic acids is 1. The second-order valence-corrected chi connectivity index (χ2v) is 9.40. The Morgan fingerprint density at radius 1 is 1.10 bits per heavy atom. The third-order valence-corrected chi connectivity index (χ3v) is 6.96. The average molecular weight is 411 g/mol. The van der Waals surface area contributed by atoms with Gasteiger partial charge in [0.15, 0.2) is 13.3 Å². The van der Waals surface area contributed by atoms with E-state index in [1.54, 1.807) is 54.6 Å². The molecular formula is C18H20B3NO6S. The van der Waals surface area contributed by atoms with E-state index in [0.29, 0.717) is 16.9 Å². The molecule has 2 aromatic carbocycles. The number of benzene rings is 2. The highest BCUT2D eigenvalue weighted by Gasteiger charge is 2.51. The van der Waals surface area contributed by atoms with Crippen LogP contribution in [0.25, 0.3) is 0 Å². The van der Waals surface area contributed by atoms with Crippen LogP contribution in [0.15, 0.2) is 66.2 Å². The molecule has 1 atom stereocenters. The molecule has 148 valence electrons. The molecule has 0 spiro atoms. The lowest BCUT2D eigenvalue weighted by atomic mass is 9.65. The quantitative estimate of drug-likeness (QED) is 0.462. The first-order valence-electron chi connectivity index (χ1n) is 8.90. The topological polar surface area (TPSA) is 105 Å². The predicted octanol–water partition coefficient (Wildman–Crippen LogP) is -1.37. The smallest absolute Gasteiger partial charge is 0.304 e. The maximum absolute atomic E-state index is 13.1. The Hall–Kier alpha value is -2.81. The van der Waals surface area contributed by atoms with Crippen molar-refractivity contribution in [2.45, 2.75) is 10.0 Å². The monoisotopic (exact) mass is 411 g/mol. The van der Waals surface area contributed by atoms with E-state index in [-0.39, 0.29) is 5.88 Å². The van der Waals surface area contributed by atoms with Gasteiger partial charge in [0.1, 0.15) is 21.4 Å². The van der Waals surface area contributed by atoms with Crippen LogP contribution >= 0.6 is 0 Å². The SMILES string of the molecule is BC(B)(c1ccccc1)S(=O)(=O)OC1=C(N)O[C@](B)(c2cccc(OC)c2)C1=O. The summed E-state index contributed by atoms with van der Waals surface area (Å²) in [5.74, 6) is -1.08. The first kappa shape index (κ1) is 20.9. The molecule has 0 saturated carbocycles. The third kappa shape index (κ3) is 3.50. The summed E-state index contributed by atoms with van der Waals surface area (Å²) in [4.78, 5) is 13.1. The Balaban J connectivity index is 1.94. The van der Waals surface area contributed by atoms with Crippen LogP contribution < -0.4 is 10.5 Å². The maximum atomic E-state index is 13.1. The number of ether oxygens (including phenoxy) is 2. The van der Waals surface area contributed by atoms with E-state index in [4.69, 9.17) is 19.4 Å². The molecule has 1 aliphatic rings. The summed E-state index contributed by atoms with van der Waals surface area (Å²) >= 11 is 0. The van der Waals surface area contributed by atoms with E-state index in [9.17, 15) is 13.2 Å². The van der Waals surface area contributed by atoms with E-state index >= 15 is 0 Å². The molecule has 11 heteroatoms. The van der Waals surface area contributed by atoms with Crippen LogP contribution in [-0.2, 0) is 33.9 Å². The molecule has 3 rings (SSSR count). The molecule has 0 saturated heterocycles. The van der Waals surface area contributed by atoms with Crippen LogP contribution in [0.1, 0.15) is 11.1 Å². The van der Waals surface area contributed by atoms with Gasteiger partial charge in [-0.1, -0.05) is 42.5 Å². The van der Waals surface area contributed by atoms with Crippen molar-refractivity contribution in [3.8, 4) is 5.75 Å². The Labute approximate surface area is 172 Å². The molecule has 0 radical (unpaired) electrons. The lowest BCUT2D eigenvalue weighted by molar-refractivity contribution is -0.126. The van der Waals surface area contributed by atoms with Crippen LogP contribution in [0, 0.1) is 0 Å². The van der Waals surface area contributed by atoms with Crippen molar-refractivity contribution in [2.24, 2.45) is 5.73 Å². The highest BCUT2D eigenvalue weighted by atomic mass is 32.2. The first-order valence-corrected chi connectivity index (χ1v) is 10.3. The fraction of sp³-hybridized carbons (Fsp3) is 0.167. The van der Waals surface area contributed by atoms with Crippen molar-refractivity contribution in [1.29, 1.82) is 0 Å². The second kappa shape index (κ2) is 7.22. The molecule has 0 unspecified atom stereocenters. The molecule has 0 amide bonds. The van der Waals surface area contributed by atoms with Crippen molar-refractivity contribution < 1.29 is 26.9 Å². The molecule has 2 aromatic rings. The van der Waals surface area contributed by atoms with E-state index in [2.05, 4.69) is 0 Å². The van der Waals surface area contributed by atoms with Crippen molar-refractivity contribution in [3.63, 3.8) is 0 Å². The molecule has 7 nitrogen and oxygen atoms in total. The average Bonchev–Trinajstić information content (AvgIpc) is 2.92. The first-order chi connectivity index (χ1) is 13.5. The van der Waals surface area contributed by atoms with Gasteiger partial charge in [-0.2, -0.15) is 8.42 Å². The Morgan fingerprint density at radius 3 is 2.38 bits per heavy atom. The lowest BCUT2D eigenvalue weighted by Gasteiger charge is -2.26. The van der Waals surface area contributed by atoms with E-state index in [1.165, 1.54) is 30.6 Å². The fourth-order valence-electron chi connectivity index (χ4n) is 3.03. The van der Waals surface area contributed by atoms with Crippen molar-refractivity contribution >= 4 is 39.4 Å². The van der Waals surface area contributed by atoms with Gasteiger partial charge in [-0.25, -0.2) is 0 Å². The molecule has 29 heavy (non-hydrogen) atoms. The van der Waals surface area contributed by atoms with Gasteiger partial charge in [0.2, 0.25) is 17.4 Å². The third-order valence-electron chi connectivity index (χ3n) is 5.09. The lowest BCUT2D eigenvalue weighted by Crippen LogP contribution is -2.40. The minimum absolute atomic E-state index is 0.382. The van der Waals surface area contributed by atoms with Crippen LogP contribution in [0.5, 0.6) is 5.75 Å². The predicted molar refractivity (Wildman–Crippen MR) is 116 cm³/mol. The van der Waals surface area contributed by atoms with Gasteiger partial charge < -0.3 is 19.4 Å². The minimum atomic E-state index is -4.27. The van der Waals surface area contributed by atoms with Gasteiger partial charge in [0.05, 0.1) is 11.7 Å². The Kier molecular flexibility index (Phi) is 5.21. The summed E-state index contributed by atoms with van der Waals surface area (Å²) in [7, 11) is 1.72. The molecule has 1 aliphatic heterocycles. The van der Waals surface area contributed by atoms with E-state index in [0.717, 1.165) is 0 Å². The van der Waals surface area contributed by atoms with Crippen LogP contribution in [-0.4, -0.2) is 44.8 Å². The molecule has 1 heterocycles. The van der Waals surface area contributed by atoms with Gasteiger partial charge >= 0.3 is 10.1 Å². The number of hydrogen-bond acceptors (Lipinski definition) is 7. The molecule has 0 bridgehead atoms. The van der Waals surface area contributed by atoms with Crippen molar-refractivity contribution in [1.82, 2.24) is 0 Å². The molecular weight excluding hydrogens is 391 g/mol. The van der Waals surface area contributed by atoms with Gasteiger partial charge in [0.25, 0.3) is 0 Å². The van der Waals surface area contributed by atoms with Crippen molar-refractivity contribution in [2.75, 3.05) is 7.11 Å². The number of hydrogen-bond donors (Lipinski definition) is 1. The largest absolute Gasteiger partial charge is 0.497 e. The second-order valence-electron chi connectivity index (χ2n) is 7.30. The zero-order valence-corrected chi connectivity index (χ0v) is 17.4. The highest BCUT2D eigenvalue weighted by molar-refractivity contribution is 7.90. The summed E-state index contributed by atoms with van der Waals surface area (Å²) in [5, 5.41) is 0. The van der Waals surface area contributed by atoms with E-state index in [1.807, 2.05) is 0 Å². The van der Waals surface area contributed by atoms with Crippen LogP contribution in [0.2, 0.25) is 0 Å². The molecule has 0 aromatic heterocycles. The van der Waals surface area contributed by atoms with E-state index < -0.39 is 31.7 Å². The Morgan fingerprint density at radius 2 is 1.76 bits per heavy atom. The maximum Gasteiger partial charge on any atom is 0.304 e. The number of nitrogens with two attached hydrogens (primary N) is 1. The Bertz CT molecular complexity index is 1090. The highest BCUT2D eigenvalue weighted by Crippen LogP contribution is 2.38. The normalized spacial score (nSPS) is 19.7. The molecule has 0 aliphatic carbocycles. The number of rotatable bonds is 6. The number of methoxy groups -OCH3 is 1. The zero-order valence-electron chi connectivity index (χ0n) is 16.6. The summed E-state index contributed by atoms with van der Waals surface area (Å²) in [6.45, 7) is 0. The molecule has 0 fully saturated rings. The van der Waals surface area contributed by atoms with Crippen LogP contribution in [0.4, 0.5) is 0 Å². The summed E-state index contributed by atoms with van der Waals surface area (Å²) in [5.41, 5.74) is 5.31. The standard InChI is InChI=1S/C18H20B3NO6S/c1-26-13-9-5-8-12(10-13)17(19)15(23)14(16(22)27-17)28-29(24,25)18(20,21)11-6-3-2-4-7-11/h2-10H,19-22H2,1H3/t17-/m1/s1. The summed E-state index contributed by atoms with van der Waals surface area (Å²) in [6, 6.07) is 15.3. The minimum Gasteiger partial charge on any atom is -0.497 e. The zero-order chi connectivity index (χ0) is 21.4. The number of Topliss-reactive ketones (excluding diaryl/α,β-unsaturated/α-hetero) is 1. The number of ketones is 1. The molecule has 2 N–H and O–H groups in total. The van der Waals surface area contributed by atoms with Gasteiger partial charge in [-0.05, 0) is 23.3 Å². The van der Waals surface area contributed by atoms with Crippen molar-refractivity contribution in [3.05, 3.63) is 77.4 Å². The van der Waals surface area contributed by atoms with Gasteiger partial charge in [-0.3, -0.25) is 4.79 Å². The van der Waals surface area contributed by atoms with Gasteiger partial charge in [-0.15, -0.1) is 0 Å². The summed E-state index contributed by atoms with van der Waals surface area (Å²) < 4.78 is 40.6. The van der Waals surface area contributed by atoms with Crippen LogP contribution in [0.3, 0.4) is 0 Å². The van der Waals surface area contributed by atoms with Gasteiger partial charge in [0, 0.05) is 0 Å². The summed E-state index contributed by atoms with van der Waals surface area (Å²) in [6.07, 6.45) is 0. The fourth-order valence-corrected chi connectivity index (χ4v) is 4.04. The number of carbonyl (C=O) groups is 1.